The van der Waals surface area contributed by atoms with Crippen molar-refractivity contribution >= 4 is 11.8 Å². The number of nitrogens with zero attached hydrogens (tertiary/aromatic N) is 2. The van der Waals surface area contributed by atoms with Gasteiger partial charge < -0.3 is 9.84 Å². The van der Waals surface area contributed by atoms with Gasteiger partial charge in [-0.3, -0.25) is 0 Å². The van der Waals surface area contributed by atoms with Gasteiger partial charge in [0.1, 0.15) is 0 Å². The van der Waals surface area contributed by atoms with Crippen LogP contribution in [-0.4, -0.2) is 16.7 Å². The van der Waals surface area contributed by atoms with Crippen LogP contribution in [0.5, 0.6) is 0 Å². The quantitative estimate of drug-likeness (QED) is 0.790. The van der Waals surface area contributed by atoms with Gasteiger partial charge in [-0.1, -0.05) is 31.1 Å². The fourth-order valence-electron chi connectivity index (χ4n) is 1.94. The molecule has 108 valence electrons. The van der Waals surface area contributed by atoms with Gasteiger partial charge in [0, 0.05) is 17.4 Å². The number of aryl methyl sites for hydroxylation is 1. The Kier molecular flexibility index (Phi) is 5.61. The second-order valence-electron chi connectivity index (χ2n) is 4.60. The van der Waals surface area contributed by atoms with Crippen molar-refractivity contribution in [2.24, 2.45) is 0 Å². The summed E-state index contributed by atoms with van der Waals surface area (Å²) in [5.41, 5.74) is 1.30. The van der Waals surface area contributed by atoms with Crippen molar-refractivity contribution in [3.8, 4) is 0 Å². The Labute approximate surface area is 124 Å². The molecule has 20 heavy (non-hydrogen) atoms. The van der Waals surface area contributed by atoms with E-state index in [-0.39, 0.29) is 0 Å². The highest BCUT2D eigenvalue weighted by molar-refractivity contribution is 7.98. The van der Waals surface area contributed by atoms with Crippen molar-refractivity contribution in [1.82, 2.24) is 15.5 Å². The van der Waals surface area contributed by atoms with Crippen LogP contribution in [0.2, 0.25) is 0 Å². The largest absolute Gasteiger partial charge is 0.338 e. The minimum absolute atomic E-state index is 0.371. The summed E-state index contributed by atoms with van der Waals surface area (Å²) >= 11 is 1.72. The SMILES string of the molecule is CCNC(C)c1cccc(SCc2nc(CC)no2)c1. The molecule has 4 nitrogen and oxygen atoms in total. The fourth-order valence-corrected chi connectivity index (χ4v) is 2.74. The summed E-state index contributed by atoms with van der Waals surface area (Å²) in [7, 11) is 0. The number of thioether (sulfide) groups is 1. The standard InChI is InChI=1S/C15H21N3OS/c1-4-14-17-15(19-18-14)10-20-13-8-6-7-12(9-13)11(3)16-5-2/h6-9,11,16H,4-5,10H2,1-3H3. The summed E-state index contributed by atoms with van der Waals surface area (Å²) in [6.45, 7) is 7.29. The highest BCUT2D eigenvalue weighted by Crippen LogP contribution is 2.25. The summed E-state index contributed by atoms with van der Waals surface area (Å²) in [6, 6.07) is 8.95. The van der Waals surface area contributed by atoms with Crippen LogP contribution in [0.3, 0.4) is 0 Å². The average molecular weight is 291 g/mol. The number of benzene rings is 1. The lowest BCUT2D eigenvalue weighted by molar-refractivity contribution is 0.385. The Morgan fingerprint density at radius 1 is 1.35 bits per heavy atom. The molecule has 2 rings (SSSR count). The predicted molar refractivity (Wildman–Crippen MR) is 81.8 cm³/mol. The number of hydrogen-bond donors (Lipinski definition) is 1. The van der Waals surface area contributed by atoms with Crippen molar-refractivity contribution in [3.05, 3.63) is 41.5 Å². The molecule has 1 atom stereocenters. The van der Waals surface area contributed by atoms with E-state index in [0.717, 1.165) is 18.8 Å². The Morgan fingerprint density at radius 3 is 2.90 bits per heavy atom. The van der Waals surface area contributed by atoms with Crippen molar-refractivity contribution < 1.29 is 4.52 Å². The molecule has 0 amide bonds. The van der Waals surface area contributed by atoms with Crippen LogP contribution in [0, 0.1) is 0 Å². The van der Waals surface area contributed by atoms with Crippen LogP contribution in [0.25, 0.3) is 0 Å². The Bertz CT molecular complexity index is 541. The summed E-state index contributed by atoms with van der Waals surface area (Å²) in [5, 5.41) is 7.33. The van der Waals surface area contributed by atoms with E-state index >= 15 is 0 Å². The lowest BCUT2D eigenvalue weighted by Crippen LogP contribution is -2.17. The Balaban J connectivity index is 1.97. The maximum absolute atomic E-state index is 5.20. The molecule has 5 heteroatoms. The summed E-state index contributed by atoms with van der Waals surface area (Å²) in [4.78, 5) is 5.55. The van der Waals surface area contributed by atoms with E-state index in [1.54, 1.807) is 11.8 Å². The van der Waals surface area contributed by atoms with Crippen molar-refractivity contribution in [2.45, 2.75) is 43.9 Å². The van der Waals surface area contributed by atoms with Gasteiger partial charge >= 0.3 is 0 Å². The van der Waals surface area contributed by atoms with Crippen molar-refractivity contribution in [1.29, 1.82) is 0 Å². The smallest absolute Gasteiger partial charge is 0.237 e. The van der Waals surface area contributed by atoms with E-state index in [2.05, 4.69) is 53.6 Å². The molecular weight excluding hydrogens is 270 g/mol. The molecule has 0 fully saturated rings. The van der Waals surface area contributed by atoms with Crippen LogP contribution < -0.4 is 5.32 Å². The molecule has 0 saturated heterocycles. The van der Waals surface area contributed by atoms with E-state index in [9.17, 15) is 0 Å². The van der Waals surface area contributed by atoms with Crippen LogP contribution in [0.15, 0.2) is 33.7 Å². The van der Waals surface area contributed by atoms with E-state index in [1.165, 1.54) is 10.5 Å². The highest BCUT2D eigenvalue weighted by Gasteiger charge is 2.07. The van der Waals surface area contributed by atoms with Gasteiger partial charge in [-0.25, -0.2) is 0 Å². The first-order chi connectivity index (χ1) is 9.72. The van der Waals surface area contributed by atoms with Gasteiger partial charge in [0.2, 0.25) is 5.89 Å². The first-order valence-corrected chi connectivity index (χ1v) is 7.99. The summed E-state index contributed by atoms with van der Waals surface area (Å²) < 4.78 is 5.20. The average Bonchev–Trinajstić information content (AvgIpc) is 2.94. The van der Waals surface area contributed by atoms with E-state index in [4.69, 9.17) is 4.52 Å². The predicted octanol–water partition coefficient (Wildman–Crippen LogP) is 3.59. The molecule has 1 heterocycles. The molecule has 0 aliphatic heterocycles. The third-order valence-electron chi connectivity index (χ3n) is 3.06. The van der Waals surface area contributed by atoms with E-state index in [0.29, 0.717) is 17.7 Å². The zero-order valence-electron chi connectivity index (χ0n) is 12.2. The van der Waals surface area contributed by atoms with Gasteiger partial charge in [-0.05, 0) is 31.2 Å². The molecule has 0 radical (unpaired) electrons. The molecule has 1 aromatic carbocycles. The van der Waals surface area contributed by atoms with Crippen LogP contribution in [-0.2, 0) is 12.2 Å². The molecule has 1 unspecified atom stereocenters. The van der Waals surface area contributed by atoms with Gasteiger partial charge in [0.15, 0.2) is 5.82 Å². The van der Waals surface area contributed by atoms with E-state index in [1.807, 2.05) is 6.92 Å². The Hall–Kier alpha value is -1.33. The number of aromatic nitrogens is 2. The summed E-state index contributed by atoms with van der Waals surface area (Å²) in [6.07, 6.45) is 0.809. The zero-order chi connectivity index (χ0) is 14.4. The molecule has 2 aromatic rings. The molecular formula is C15H21N3OS. The van der Waals surface area contributed by atoms with Gasteiger partial charge in [0.05, 0.1) is 5.75 Å². The maximum Gasteiger partial charge on any atom is 0.237 e. The Morgan fingerprint density at radius 2 is 2.20 bits per heavy atom. The minimum Gasteiger partial charge on any atom is -0.338 e. The minimum atomic E-state index is 0.371. The topological polar surface area (TPSA) is 51.0 Å². The van der Waals surface area contributed by atoms with Gasteiger partial charge in [-0.2, -0.15) is 4.98 Å². The lowest BCUT2D eigenvalue weighted by atomic mass is 10.1. The fraction of sp³-hybridized carbons (Fsp3) is 0.467. The van der Waals surface area contributed by atoms with Crippen molar-refractivity contribution in [3.63, 3.8) is 0 Å². The van der Waals surface area contributed by atoms with Crippen molar-refractivity contribution in [2.75, 3.05) is 6.54 Å². The molecule has 1 N–H and O–H groups in total. The molecule has 0 spiro atoms. The van der Waals surface area contributed by atoms with Gasteiger partial charge in [-0.15, -0.1) is 11.8 Å². The van der Waals surface area contributed by atoms with E-state index < -0.39 is 0 Å². The normalized spacial score (nSPS) is 12.6. The molecule has 0 aliphatic rings. The maximum atomic E-state index is 5.20. The first-order valence-electron chi connectivity index (χ1n) is 7.00. The van der Waals surface area contributed by atoms with Crippen LogP contribution in [0.4, 0.5) is 0 Å². The lowest BCUT2D eigenvalue weighted by Gasteiger charge is -2.13. The number of nitrogens with one attached hydrogen (secondary N) is 1. The van der Waals surface area contributed by atoms with Crippen LogP contribution in [0.1, 0.15) is 44.1 Å². The third-order valence-corrected chi connectivity index (χ3v) is 4.04. The zero-order valence-corrected chi connectivity index (χ0v) is 13.0. The monoisotopic (exact) mass is 291 g/mol. The molecule has 0 bridgehead atoms. The van der Waals surface area contributed by atoms with Crippen LogP contribution >= 0.6 is 11.8 Å². The summed E-state index contributed by atoms with van der Waals surface area (Å²) in [5.74, 6) is 2.18. The first kappa shape index (κ1) is 15.1. The molecule has 0 aliphatic carbocycles. The molecule has 0 saturated carbocycles. The highest BCUT2D eigenvalue weighted by atomic mass is 32.2. The second kappa shape index (κ2) is 7.45. The van der Waals surface area contributed by atoms with Gasteiger partial charge in [0.25, 0.3) is 0 Å². The molecule has 1 aromatic heterocycles. The number of hydrogen-bond acceptors (Lipinski definition) is 5. The third kappa shape index (κ3) is 4.08. The second-order valence-corrected chi connectivity index (χ2v) is 5.65. The number of rotatable bonds is 7.